The number of hydrogen-bond donors (Lipinski definition) is 2. The van der Waals surface area contributed by atoms with E-state index >= 15 is 0 Å². The number of anilines is 1. The minimum absolute atomic E-state index is 0.0407. The van der Waals surface area contributed by atoms with Crippen LogP contribution in [-0.4, -0.2) is 60.0 Å². The quantitative estimate of drug-likeness (QED) is 0.751. The fraction of sp³-hybridized carbons (Fsp3) is 0.500. The van der Waals surface area contributed by atoms with Gasteiger partial charge in [-0.15, -0.1) is 0 Å². The van der Waals surface area contributed by atoms with Gasteiger partial charge in [-0.3, -0.25) is 4.79 Å². The van der Waals surface area contributed by atoms with Gasteiger partial charge in [0.25, 0.3) is 5.91 Å². The largest absolute Gasteiger partial charge is 0.410 e. The third kappa shape index (κ3) is 3.88. The van der Waals surface area contributed by atoms with Crippen molar-refractivity contribution in [3.63, 3.8) is 0 Å². The molecule has 162 valence electrons. The number of carbonyl (C=O) groups is 1. The van der Waals surface area contributed by atoms with Gasteiger partial charge in [-0.1, -0.05) is 41.4 Å². The summed E-state index contributed by atoms with van der Waals surface area (Å²) >= 11 is 6.41. The maximum Gasteiger partial charge on any atom is 0.410 e. The molecule has 2 N–H and O–H groups in total. The smallest absolute Gasteiger partial charge is 0.362 e. The number of aromatic nitrogens is 2. The highest BCUT2D eigenvalue weighted by atomic mass is 35.5. The number of alkyl halides is 3. The predicted molar refractivity (Wildman–Crippen MR) is 107 cm³/mol. The zero-order chi connectivity index (χ0) is 21.6. The molecule has 2 unspecified atom stereocenters. The highest BCUT2D eigenvalue weighted by Crippen LogP contribution is 2.46. The number of benzene rings is 1. The number of amides is 1. The second-order valence-electron chi connectivity index (χ2n) is 8.11. The molecular formula is C20H24ClF3N5O+. The SMILES string of the molecule is Cc1ccc(C2CC(C(F)(F)F)n3nc(C(=O)N4CC[NH+](C)CC4)c(Cl)c3N2)cc1. The van der Waals surface area contributed by atoms with Gasteiger partial charge in [0.2, 0.25) is 0 Å². The lowest BCUT2D eigenvalue weighted by Gasteiger charge is -2.33. The molecule has 1 fully saturated rings. The van der Waals surface area contributed by atoms with Crippen molar-refractivity contribution < 1.29 is 22.9 Å². The molecule has 2 aliphatic heterocycles. The van der Waals surface area contributed by atoms with Crippen molar-refractivity contribution in [2.45, 2.75) is 31.6 Å². The number of aryl methyl sites for hydroxylation is 1. The monoisotopic (exact) mass is 442 g/mol. The first-order chi connectivity index (χ1) is 14.1. The van der Waals surface area contributed by atoms with E-state index in [1.165, 1.54) is 4.90 Å². The Morgan fingerprint density at radius 3 is 2.47 bits per heavy atom. The molecule has 3 heterocycles. The summed E-state index contributed by atoms with van der Waals surface area (Å²) in [6.07, 6.45) is -4.75. The summed E-state index contributed by atoms with van der Waals surface area (Å²) in [4.78, 5) is 15.8. The molecule has 1 aromatic heterocycles. The van der Waals surface area contributed by atoms with E-state index in [2.05, 4.69) is 10.4 Å². The van der Waals surface area contributed by atoms with E-state index < -0.39 is 24.2 Å². The Labute approximate surface area is 177 Å². The Kier molecular flexibility index (Phi) is 5.44. The molecule has 2 atom stereocenters. The molecule has 1 aromatic carbocycles. The fourth-order valence-electron chi connectivity index (χ4n) is 3.98. The molecule has 0 spiro atoms. The van der Waals surface area contributed by atoms with Gasteiger partial charge in [0.15, 0.2) is 11.7 Å². The molecule has 30 heavy (non-hydrogen) atoms. The van der Waals surface area contributed by atoms with E-state index in [-0.39, 0.29) is 23.0 Å². The Morgan fingerprint density at radius 1 is 1.23 bits per heavy atom. The van der Waals surface area contributed by atoms with Gasteiger partial charge in [-0.25, -0.2) is 4.68 Å². The second-order valence-corrected chi connectivity index (χ2v) is 8.48. The van der Waals surface area contributed by atoms with Crippen molar-refractivity contribution in [3.8, 4) is 0 Å². The lowest BCUT2D eigenvalue weighted by Crippen LogP contribution is -3.12. The number of halogens is 4. The number of carbonyl (C=O) groups excluding carboxylic acids is 1. The van der Waals surface area contributed by atoms with Crippen LogP contribution in [0.4, 0.5) is 19.0 Å². The topological polar surface area (TPSA) is 54.6 Å². The Hall–Kier alpha value is -2.26. The maximum atomic E-state index is 13.9. The van der Waals surface area contributed by atoms with Gasteiger partial charge in [0, 0.05) is 6.42 Å². The zero-order valence-electron chi connectivity index (χ0n) is 16.8. The zero-order valence-corrected chi connectivity index (χ0v) is 17.5. The van der Waals surface area contributed by atoms with Crippen LogP contribution >= 0.6 is 11.6 Å². The van der Waals surface area contributed by atoms with Crippen LogP contribution in [0, 0.1) is 6.92 Å². The molecule has 0 saturated carbocycles. The van der Waals surface area contributed by atoms with Crippen LogP contribution in [0.2, 0.25) is 5.02 Å². The van der Waals surface area contributed by atoms with Crippen LogP contribution in [0.25, 0.3) is 0 Å². The maximum absolute atomic E-state index is 13.9. The van der Waals surface area contributed by atoms with E-state index in [1.807, 2.05) is 26.1 Å². The van der Waals surface area contributed by atoms with Crippen molar-refractivity contribution >= 4 is 23.3 Å². The summed E-state index contributed by atoms with van der Waals surface area (Å²) in [5, 5.41) is 7.06. The predicted octanol–water partition coefficient (Wildman–Crippen LogP) is 2.48. The van der Waals surface area contributed by atoms with E-state index in [1.54, 1.807) is 17.0 Å². The number of nitrogens with zero attached hydrogens (tertiary/aromatic N) is 3. The normalized spacial score (nSPS) is 22.5. The summed E-state index contributed by atoms with van der Waals surface area (Å²) in [7, 11) is 2.03. The third-order valence-corrected chi connectivity index (χ3v) is 6.24. The molecule has 1 saturated heterocycles. The summed E-state index contributed by atoms with van der Waals surface area (Å²) in [6.45, 7) is 4.50. The number of hydrogen-bond acceptors (Lipinski definition) is 3. The molecule has 2 aliphatic rings. The van der Waals surface area contributed by atoms with E-state index in [9.17, 15) is 18.0 Å². The van der Waals surface area contributed by atoms with Gasteiger partial charge in [-0.05, 0) is 12.5 Å². The molecular weight excluding hydrogens is 419 g/mol. The fourth-order valence-corrected chi connectivity index (χ4v) is 4.24. The van der Waals surface area contributed by atoms with E-state index in [0.717, 1.165) is 28.9 Å². The summed E-state index contributed by atoms with van der Waals surface area (Å²) in [6, 6.07) is 4.87. The molecule has 0 bridgehead atoms. The van der Waals surface area contributed by atoms with Crippen LogP contribution in [-0.2, 0) is 0 Å². The molecule has 2 aromatic rings. The first-order valence-electron chi connectivity index (χ1n) is 9.93. The number of piperazine rings is 1. The minimum Gasteiger partial charge on any atom is -0.362 e. The lowest BCUT2D eigenvalue weighted by molar-refractivity contribution is -0.883. The van der Waals surface area contributed by atoms with Gasteiger partial charge in [0.1, 0.15) is 10.8 Å². The third-order valence-electron chi connectivity index (χ3n) is 5.88. The van der Waals surface area contributed by atoms with Crippen molar-refractivity contribution in [1.82, 2.24) is 14.7 Å². The Bertz CT molecular complexity index is 935. The number of fused-ring (bicyclic) bond motifs is 1. The first kappa shape index (κ1) is 21.0. The van der Waals surface area contributed by atoms with Crippen LogP contribution < -0.4 is 10.2 Å². The number of quaternary nitrogens is 1. The minimum atomic E-state index is -4.52. The van der Waals surface area contributed by atoms with Gasteiger partial charge in [0.05, 0.1) is 39.3 Å². The average molecular weight is 443 g/mol. The summed E-state index contributed by atoms with van der Waals surface area (Å²) < 4.78 is 42.5. The highest BCUT2D eigenvalue weighted by molar-refractivity contribution is 6.36. The summed E-state index contributed by atoms with van der Waals surface area (Å²) in [5.41, 5.74) is 1.62. The van der Waals surface area contributed by atoms with E-state index in [4.69, 9.17) is 11.6 Å². The standard InChI is InChI=1S/C20H23ClF3N5O/c1-12-3-5-13(6-4-12)14-11-15(20(22,23)24)29-18(25-14)16(21)17(26-29)19(30)28-9-7-27(2)8-10-28/h3-6,14-15,25H,7-11H2,1-2H3/p+1. The molecule has 6 nitrogen and oxygen atoms in total. The van der Waals surface area contributed by atoms with Crippen molar-refractivity contribution in [2.24, 2.45) is 0 Å². The van der Waals surface area contributed by atoms with Crippen LogP contribution in [0.1, 0.15) is 40.1 Å². The van der Waals surface area contributed by atoms with E-state index in [0.29, 0.717) is 13.1 Å². The van der Waals surface area contributed by atoms with Crippen LogP contribution in [0.5, 0.6) is 0 Å². The lowest BCUT2D eigenvalue weighted by atomic mass is 9.96. The first-order valence-corrected chi connectivity index (χ1v) is 10.3. The Balaban J connectivity index is 1.69. The average Bonchev–Trinajstić information content (AvgIpc) is 3.04. The van der Waals surface area contributed by atoms with Crippen molar-refractivity contribution in [2.75, 3.05) is 38.5 Å². The molecule has 10 heteroatoms. The van der Waals surface area contributed by atoms with Gasteiger partial charge < -0.3 is 15.1 Å². The molecule has 0 radical (unpaired) electrons. The summed E-state index contributed by atoms with van der Waals surface area (Å²) in [5.74, 6) is -0.386. The van der Waals surface area contributed by atoms with Gasteiger partial charge >= 0.3 is 6.18 Å². The second kappa shape index (κ2) is 7.77. The van der Waals surface area contributed by atoms with Crippen molar-refractivity contribution in [1.29, 1.82) is 0 Å². The number of likely N-dealkylation sites (N-methyl/N-ethyl adjacent to an activating group) is 1. The van der Waals surface area contributed by atoms with Crippen LogP contribution in [0.3, 0.4) is 0 Å². The number of nitrogens with one attached hydrogen (secondary N) is 2. The van der Waals surface area contributed by atoms with Crippen molar-refractivity contribution in [3.05, 3.63) is 46.1 Å². The highest BCUT2D eigenvalue weighted by Gasteiger charge is 2.48. The molecule has 0 aliphatic carbocycles. The molecule has 4 rings (SSSR count). The molecule has 1 amide bonds. The Morgan fingerprint density at radius 2 is 1.87 bits per heavy atom. The van der Waals surface area contributed by atoms with Gasteiger partial charge in [-0.2, -0.15) is 18.3 Å². The van der Waals surface area contributed by atoms with Crippen LogP contribution in [0.15, 0.2) is 24.3 Å². The number of rotatable bonds is 2.